The SMILES string of the molecule is CC1CCC(n2nncc2C(C)Cl)CC1. The lowest BCUT2D eigenvalue weighted by atomic mass is 9.87. The molecule has 0 N–H and O–H groups in total. The Hall–Kier alpha value is -0.570. The fraction of sp³-hybridized carbons (Fsp3) is 0.818. The van der Waals surface area contributed by atoms with Gasteiger partial charge in [0.15, 0.2) is 0 Å². The van der Waals surface area contributed by atoms with E-state index in [0.29, 0.717) is 6.04 Å². The lowest BCUT2D eigenvalue weighted by Crippen LogP contribution is -2.19. The summed E-state index contributed by atoms with van der Waals surface area (Å²) in [7, 11) is 0. The van der Waals surface area contributed by atoms with E-state index in [-0.39, 0.29) is 5.38 Å². The van der Waals surface area contributed by atoms with Crippen molar-refractivity contribution in [1.82, 2.24) is 15.0 Å². The third-order valence-corrected chi connectivity index (χ3v) is 3.56. The second-order valence-corrected chi connectivity index (χ2v) is 5.29. The smallest absolute Gasteiger partial charge is 0.0766 e. The first-order valence-corrected chi connectivity index (χ1v) is 6.16. The molecule has 1 aliphatic carbocycles. The molecule has 1 saturated carbocycles. The van der Waals surface area contributed by atoms with Gasteiger partial charge in [0.05, 0.1) is 23.3 Å². The van der Waals surface area contributed by atoms with Crippen LogP contribution in [0.25, 0.3) is 0 Å². The number of halogens is 1. The molecule has 1 aromatic heterocycles. The first-order valence-electron chi connectivity index (χ1n) is 5.72. The quantitative estimate of drug-likeness (QED) is 0.726. The van der Waals surface area contributed by atoms with Gasteiger partial charge in [-0.05, 0) is 38.5 Å². The van der Waals surface area contributed by atoms with Gasteiger partial charge in [-0.1, -0.05) is 12.1 Å². The Morgan fingerprint density at radius 2 is 2.07 bits per heavy atom. The molecule has 0 aromatic carbocycles. The Balaban J connectivity index is 2.12. The molecular formula is C11H18ClN3. The number of hydrogen-bond acceptors (Lipinski definition) is 2. The van der Waals surface area contributed by atoms with Crippen LogP contribution in [0.2, 0.25) is 0 Å². The van der Waals surface area contributed by atoms with E-state index in [0.717, 1.165) is 11.6 Å². The summed E-state index contributed by atoms with van der Waals surface area (Å²) < 4.78 is 2.03. The molecule has 0 saturated heterocycles. The van der Waals surface area contributed by atoms with Gasteiger partial charge in [-0.15, -0.1) is 16.7 Å². The highest BCUT2D eigenvalue weighted by atomic mass is 35.5. The molecule has 0 radical (unpaired) electrons. The summed E-state index contributed by atoms with van der Waals surface area (Å²) in [6.45, 7) is 4.30. The Bertz CT molecular complexity index is 313. The Kier molecular flexibility index (Phi) is 3.29. The van der Waals surface area contributed by atoms with Crippen LogP contribution in [0, 0.1) is 5.92 Å². The topological polar surface area (TPSA) is 30.7 Å². The third-order valence-electron chi connectivity index (χ3n) is 3.34. The van der Waals surface area contributed by atoms with Gasteiger partial charge in [0.2, 0.25) is 0 Å². The van der Waals surface area contributed by atoms with Gasteiger partial charge in [-0.25, -0.2) is 4.68 Å². The van der Waals surface area contributed by atoms with Crippen LogP contribution >= 0.6 is 11.6 Å². The maximum absolute atomic E-state index is 6.10. The van der Waals surface area contributed by atoms with E-state index in [4.69, 9.17) is 11.6 Å². The molecule has 15 heavy (non-hydrogen) atoms. The fourth-order valence-corrected chi connectivity index (χ4v) is 2.46. The molecule has 1 heterocycles. The molecule has 1 atom stereocenters. The number of aromatic nitrogens is 3. The van der Waals surface area contributed by atoms with Gasteiger partial charge in [-0.2, -0.15) is 0 Å². The molecule has 0 spiro atoms. The maximum Gasteiger partial charge on any atom is 0.0766 e. The van der Waals surface area contributed by atoms with Crippen molar-refractivity contribution in [1.29, 1.82) is 0 Å². The number of nitrogens with zero attached hydrogens (tertiary/aromatic N) is 3. The molecule has 0 aliphatic heterocycles. The van der Waals surface area contributed by atoms with E-state index in [2.05, 4.69) is 17.2 Å². The first kappa shape index (κ1) is 10.9. The predicted octanol–water partition coefficient (Wildman–Crippen LogP) is 3.33. The second-order valence-electron chi connectivity index (χ2n) is 4.63. The van der Waals surface area contributed by atoms with Crippen LogP contribution < -0.4 is 0 Å². The molecule has 84 valence electrons. The molecule has 1 fully saturated rings. The van der Waals surface area contributed by atoms with Crippen LogP contribution in [-0.2, 0) is 0 Å². The van der Waals surface area contributed by atoms with Crippen molar-refractivity contribution in [3.05, 3.63) is 11.9 Å². The van der Waals surface area contributed by atoms with Crippen LogP contribution in [0.15, 0.2) is 6.20 Å². The summed E-state index contributed by atoms with van der Waals surface area (Å²) in [5.74, 6) is 0.863. The monoisotopic (exact) mass is 227 g/mol. The van der Waals surface area contributed by atoms with Crippen LogP contribution in [0.4, 0.5) is 0 Å². The predicted molar refractivity (Wildman–Crippen MR) is 61.0 cm³/mol. The summed E-state index contributed by atoms with van der Waals surface area (Å²) in [5.41, 5.74) is 1.05. The molecule has 1 aromatic rings. The van der Waals surface area contributed by atoms with Gasteiger partial charge in [-0.3, -0.25) is 0 Å². The molecule has 4 heteroatoms. The molecule has 1 aliphatic rings. The van der Waals surface area contributed by atoms with E-state index < -0.39 is 0 Å². The zero-order valence-electron chi connectivity index (χ0n) is 9.36. The molecule has 1 unspecified atom stereocenters. The molecule has 0 amide bonds. The van der Waals surface area contributed by atoms with E-state index >= 15 is 0 Å². The van der Waals surface area contributed by atoms with Crippen LogP contribution in [0.1, 0.15) is 56.6 Å². The zero-order chi connectivity index (χ0) is 10.8. The lowest BCUT2D eigenvalue weighted by molar-refractivity contribution is 0.266. The van der Waals surface area contributed by atoms with E-state index in [1.165, 1.54) is 25.7 Å². The minimum absolute atomic E-state index is 0.000602. The van der Waals surface area contributed by atoms with Crippen LogP contribution in [0.5, 0.6) is 0 Å². The summed E-state index contributed by atoms with van der Waals surface area (Å²) in [5, 5.41) is 8.13. The summed E-state index contributed by atoms with van der Waals surface area (Å²) in [4.78, 5) is 0. The maximum atomic E-state index is 6.10. The highest BCUT2D eigenvalue weighted by molar-refractivity contribution is 6.20. The highest BCUT2D eigenvalue weighted by Gasteiger charge is 2.23. The van der Waals surface area contributed by atoms with Crippen molar-refractivity contribution in [3.8, 4) is 0 Å². The number of alkyl halides is 1. The Morgan fingerprint density at radius 3 is 2.67 bits per heavy atom. The van der Waals surface area contributed by atoms with E-state index in [9.17, 15) is 0 Å². The van der Waals surface area contributed by atoms with E-state index in [1.807, 2.05) is 11.6 Å². The van der Waals surface area contributed by atoms with Crippen LogP contribution in [-0.4, -0.2) is 15.0 Å². The molecular weight excluding hydrogens is 210 g/mol. The molecule has 2 rings (SSSR count). The van der Waals surface area contributed by atoms with Crippen molar-refractivity contribution < 1.29 is 0 Å². The first-order chi connectivity index (χ1) is 7.18. The molecule has 3 nitrogen and oxygen atoms in total. The van der Waals surface area contributed by atoms with Crippen molar-refractivity contribution in [2.24, 2.45) is 5.92 Å². The second kappa shape index (κ2) is 4.52. The van der Waals surface area contributed by atoms with Gasteiger partial charge < -0.3 is 0 Å². The average molecular weight is 228 g/mol. The van der Waals surface area contributed by atoms with E-state index in [1.54, 1.807) is 6.20 Å². The number of hydrogen-bond donors (Lipinski definition) is 0. The largest absolute Gasteiger partial charge is 0.245 e. The summed E-state index contributed by atoms with van der Waals surface area (Å²) >= 11 is 6.10. The summed E-state index contributed by atoms with van der Waals surface area (Å²) in [6, 6.07) is 0.514. The highest BCUT2D eigenvalue weighted by Crippen LogP contribution is 2.33. The average Bonchev–Trinajstić information content (AvgIpc) is 2.67. The Morgan fingerprint density at radius 1 is 1.40 bits per heavy atom. The fourth-order valence-electron chi connectivity index (χ4n) is 2.31. The lowest BCUT2D eigenvalue weighted by Gasteiger charge is -2.27. The van der Waals surface area contributed by atoms with Gasteiger partial charge >= 0.3 is 0 Å². The normalized spacial score (nSPS) is 29.0. The van der Waals surface area contributed by atoms with Crippen molar-refractivity contribution in [2.75, 3.05) is 0 Å². The Labute approximate surface area is 95.8 Å². The van der Waals surface area contributed by atoms with Gasteiger partial charge in [0.25, 0.3) is 0 Å². The van der Waals surface area contributed by atoms with Gasteiger partial charge in [0.1, 0.15) is 0 Å². The van der Waals surface area contributed by atoms with Crippen molar-refractivity contribution in [2.45, 2.75) is 50.9 Å². The van der Waals surface area contributed by atoms with Gasteiger partial charge in [0, 0.05) is 0 Å². The minimum Gasteiger partial charge on any atom is -0.245 e. The standard InChI is InChI=1S/C11H18ClN3/c1-8-3-5-10(6-4-8)15-11(9(2)12)7-13-14-15/h7-10H,3-6H2,1-2H3. The number of rotatable bonds is 2. The van der Waals surface area contributed by atoms with Crippen LogP contribution in [0.3, 0.4) is 0 Å². The van der Waals surface area contributed by atoms with Crippen molar-refractivity contribution in [3.63, 3.8) is 0 Å². The zero-order valence-corrected chi connectivity index (χ0v) is 10.1. The van der Waals surface area contributed by atoms with Crippen molar-refractivity contribution >= 4 is 11.6 Å². The summed E-state index contributed by atoms with van der Waals surface area (Å²) in [6.07, 6.45) is 6.79. The third kappa shape index (κ3) is 2.33. The molecule has 0 bridgehead atoms. The minimum atomic E-state index is -0.000602.